The molecule has 3 heteroatoms. The number of pyridine rings is 1. The lowest BCUT2D eigenvalue weighted by Gasteiger charge is -2.36. The van der Waals surface area contributed by atoms with E-state index in [2.05, 4.69) is 23.3 Å². The summed E-state index contributed by atoms with van der Waals surface area (Å²) < 4.78 is 0. The number of hydrogen-bond donors (Lipinski definition) is 2. The van der Waals surface area contributed by atoms with Crippen molar-refractivity contribution >= 4 is 5.82 Å². The normalized spacial score (nSPS) is 28.9. The summed E-state index contributed by atoms with van der Waals surface area (Å²) >= 11 is 0. The zero-order valence-electron chi connectivity index (χ0n) is 11.2. The van der Waals surface area contributed by atoms with Gasteiger partial charge >= 0.3 is 0 Å². The van der Waals surface area contributed by atoms with Crippen LogP contribution in [0.3, 0.4) is 0 Å². The van der Waals surface area contributed by atoms with Gasteiger partial charge in [-0.05, 0) is 56.7 Å². The first kappa shape index (κ1) is 12.0. The first-order valence-corrected chi connectivity index (χ1v) is 7.20. The third-order valence-electron chi connectivity index (χ3n) is 4.60. The minimum Gasteiger partial charge on any atom is -0.383 e. The average molecular weight is 245 g/mol. The first-order valence-electron chi connectivity index (χ1n) is 7.20. The fourth-order valence-electron chi connectivity index (χ4n) is 3.61. The summed E-state index contributed by atoms with van der Waals surface area (Å²) in [5.74, 6) is 1.50. The van der Waals surface area contributed by atoms with Gasteiger partial charge in [-0.2, -0.15) is 0 Å². The number of anilines is 1. The molecule has 98 valence electrons. The van der Waals surface area contributed by atoms with Crippen LogP contribution in [-0.4, -0.2) is 11.5 Å². The first-order chi connectivity index (χ1) is 8.74. The van der Waals surface area contributed by atoms with Gasteiger partial charge < -0.3 is 11.1 Å². The Morgan fingerprint density at radius 1 is 1.33 bits per heavy atom. The van der Waals surface area contributed by atoms with Crippen molar-refractivity contribution in [1.29, 1.82) is 0 Å². The van der Waals surface area contributed by atoms with Crippen molar-refractivity contribution in [3.8, 4) is 0 Å². The Labute approximate surface area is 109 Å². The maximum Gasteiger partial charge on any atom is 0.128 e. The van der Waals surface area contributed by atoms with Crippen molar-refractivity contribution in [2.75, 3.05) is 12.3 Å². The number of aryl methyl sites for hydroxylation is 1. The van der Waals surface area contributed by atoms with Crippen LogP contribution in [0.5, 0.6) is 0 Å². The number of hydrogen-bond acceptors (Lipinski definition) is 3. The summed E-state index contributed by atoms with van der Waals surface area (Å²) in [7, 11) is 0. The molecule has 2 fully saturated rings. The zero-order chi connectivity index (χ0) is 12.6. The van der Waals surface area contributed by atoms with Crippen LogP contribution in [-0.2, 0) is 5.54 Å². The van der Waals surface area contributed by atoms with E-state index in [1.54, 1.807) is 0 Å². The summed E-state index contributed by atoms with van der Waals surface area (Å²) in [6, 6.07) is 2.10. The van der Waals surface area contributed by atoms with E-state index < -0.39 is 0 Å². The van der Waals surface area contributed by atoms with Crippen LogP contribution in [0.25, 0.3) is 0 Å². The number of nitrogen functional groups attached to an aromatic ring is 1. The molecule has 3 N–H and O–H groups in total. The standard InChI is InChI=1S/C15H23N3/c1-11-7-10-17-14(16)13(11)15(12-5-6-12)8-3-2-4-9-18-15/h7,10,12,18H,2-6,8-9H2,1H3,(H2,16,17). The highest BCUT2D eigenvalue weighted by Gasteiger charge is 2.47. The van der Waals surface area contributed by atoms with Gasteiger partial charge in [-0.25, -0.2) is 4.98 Å². The number of nitrogens with two attached hydrogens (primary N) is 1. The van der Waals surface area contributed by atoms with Gasteiger partial charge in [0.2, 0.25) is 0 Å². The lowest BCUT2D eigenvalue weighted by atomic mass is 9.79. The molecule has 0 aromatic carbocycles. The molecule has 2 heterocycles. The molecule has 1 aliphatic heterocycles. The minimum atomic E-state index is 0.110. The molecule has 1 aromatic heterocycles. The average Bonchev–Trinajstić information content (AvgIpc) is 3.16. The van der Waals surface area contributed by atoms with E-state index in [0.29, 0.717) is 0 Å². The van der Waals surface area contributed by atoms with Crippen LogP contribution in [0, 0.1) is 12.8 Å². The highest BCUT2D eigenvalue weighted by Crippen LogP contribution is 2.51. The van der Waals surface area contributed by atoms with Crippen LogP contribution in [0.1, 0.15) is 49.7 Å². The molecular weight excluding hydrogens is 222 g/mol. The molecule has 0 radical (unpaired) electrons. The molecule has 0 amide bonds. The van der Waals surface area contributed by atoms with Gasteiger partial charge in [-0.1, -0.05) is 12.8 Å². The smallest absolute Gasteiger partial charge is 0.128 e. The number of nitrogens with one attached hydrogen (secondary N) is 1. The fourth-order valence-corrected chi connectivity index (χ4v) is 3.61. The lowest BCUT2D eigenvalue weighted by Crippen LogP contribution is -2.45. The predicted octanol–water partition coefficient (Wildman–Crippen LogP) is 2.74. The number of rotatable bonds is 2. The van der Waals surface area contributed by atoms with Crippen LogP contribution in [0.4, 0.5) is 5.82 Å². The summed E-state index contributed by atoms with van der Waals surface area (Å²) in [5, 5.41) is 3.84. The van der Waals surface area contributed by atoms with Crippen molar-refractivity contribution in [2.45, 2.75) is 51.0 Å². The van der Waals surface area contributed by atoms with Crippen LogP contribution in [0.2, 0.25) is 0 Å². The van der Waals surface area contributed by atoms with Gasteiger partial charge in [-0.3, -0.25) is 0 Å². The molecule has 1 unspecified atom stereocenters. The summed E-state index contributed by atoms with van der Waals surface area (Å²) in [5.41, 5.74) is 8.89. The Morgan fingerprint density at radius 2 is 2.17 bits per heavy atom. The van der Waals surface area contributed by atoms with E-state index in [1.165, 1.54) is 49.7 Å². The van der Waals surface area contributed by atoms with Crippen molar-refractivity contribution in [2.24, 2.45) is 5.92 Å². The third-order valence-corrected chi connectivity index (χ3v) is 4.60. The quantitative estimate of drug-likeness (QED) is 0.842. The maximum absolute atomic E-state index is 6.20. The van der Waals surface area contributed by atoms with Gasteiger partial charge in [0.1, 0.15) is 5.82 Å². The van der Waals surface area contributed by atoms with Gasteiger partial charge in [-0.15, -0.1) is 0 Å². The maximum atomic E-state index is 6.20. The number of nitrogens with zero attached hydrogens (tertiary/aromatic N) is 1. The Balaban J connectivity index is 2.07. The van der Waals surface area contributed by atoms with Crippen LogP contribution < -0.4 is 11.1 Å². The largest absolute Gasteiger partial charge is 0.383 e. The van der Waals surface area contributed by atoms with Gasteiger partial charge in [0, 0.05) is 11.8 Å². The van der Waals surface area contributed by atoms with Gasteiger partial charge in [0.15, 0.2) is 0 Å². The molecule has 1 saturated heterocycles. The molecule has 1 atom stereocenters. The molecule has 1 aliphatic carbocycles. The van der Waals surface area contributed by atoms with Crippen LogP contribution in [0.15, 0.2) is 12.3 Å². The highest BCUT2D eigenvalue weighted by atomic mass is 15.0. The Morgan fingerprint density at radius 3 is 2.89 bits per heavy atom. The summed E-state index contributed by atoms with van der Waals surface area (Å²) in [6.07, 6.45) is 9.63. The Bertz CT molecular complexity index is 409. The van der Waals surface area contributed by atoms with Crippen molar-refractivity contribution < 1.29 is 0 Å². The van der Waals surface area contributed by atoms with E-state index >= 15 is 0 Å². The van der Waals surface area contributed by atoms with E-state index in [9.17, 15) is 0 Å². The summed E-state index contributed by atoms with van der Waals surface area (Å²) in [4.78, 5) is 4.34. The van der Waals surface area contributed by atoms with E-state index in [0.717, 1.165) is 18.3 Å². The van der Waals surface area contributed by atoms with E-state index in [-0.39, 0.29) is 5.54 Å². The molecule has 1 aromatic rings. The molecule has 1 saturated carbocycles. The molecule has 2 aliphatic rings. The topological polar surface area (TPSA) is 50.9 Å². The molecule has 0 bridgehead atoms. The van der Waals surface area contributed by atoms with Crippen molar-refractivity contribution in [3.05, 3.63) is 23.4 Å². The third kappa shape index (κ3) is 1.91. The highest BCUT2D eigenvalue weighted by molar-refractivity contribution is 5.50. The van der Waals surface area contributed by atoms with Crippen molar-refractivity contribution in [3.63, 3.8) is 0 Å². The Hall–Kier alpha value is -1.09. The number of aromatic nitrogens is 1. The van der Waals surface area contributed by atoms with Crippen molar-refractivity contribution in [1.82, 2.24) is 10.3 Å². The molecular formula is C15H23N3. The second-order valence-corrected chi connectivity index (χ2v) is 5.87. The summed E-state index contributed by atoms with van der Waals surface area (Å²) in [6.45, 7) is 3.29. The minimum absolute atomic E-state index is 0.110. The Kier molecular flexibility index (Phi) is 3.02. The SMILES string of the molecule is Cc1ccnc(N)c1C1(C2CC2)CCCCCN1. The van der Waals surface area contributed by atoms with E-state index in [4.69, 9.17) is 5.73 Å². The predicted molar refractivity (Wildman–Crippen MR) is 74.3 cm³/mol. The monoisotopic (exact) mass is 245 g/mol. The zero-order valence-corrected chi connectivity index (χ0v) is 11.2. The molecule has 3 nitrogen and oxygen atoms in total. The van der Waals surface area contributed by atoms with Gasteiger partial charge in [0.25, 0.3) is 0 Å². The lowest BCUT2D eigenvalue weighted by molar-refractivity contribution is 0.278. The fraction of sp³-hybridized carbons (Fsp3) is 0.667. The van der Waals surface area contributed by atoms with Crippen LogP contribution >= 0.6 is 0 Å². The van der Waals surface area contributed by atoms with E-state index in [1.807, 2.05) is 6.20 Å². The molecule has 0 spiro atoms. The van der Waals surface area contributed by atoms with Gasteiger partial charge in [0.05, 0.1) is 5.54 Å². The molecule has 3 rings (SSSR count). The second-order valence-electron chi connectivity index (χ2n) is 5.87. The molecule has 18 heavy (non-hydrogen) atoms. The second kappa shape index (κ2) is 4.54.